The fraction of sp³-hybridized carbons (Fsp3) is 0.667. The van der Waals surface area contributed by atoms with Gasteiger partial charge in [0.15, 0.2) is 0 Å². The molecule has 2 heterocycles. The zero-order chi connectivity index (χ0) is 15.2. The lowest BCUT2D eigenvalue weighted by atomic mass is 10.3. The van der Waals surface area contributed by atoms with Gasteiger partial charge in [-0.15, -0.1) is 5.10 Å². The van der Waals surface area contributed by atoms with Crippen molar-refractivity contribution in [3.8, 4) is 0 Å². The fourth-order valence-corrected chi connectivity index (χ4v) is 2.54. The predicted molar refractivity (Wildman–Crippen MR) is 73.0 cm³/mol. The summed E-state index contributed by atoms with van der Waals surface area (Å²) in [7, 11) is 0. The van der Waals surface area contributed by atoms with Crippen molar-refractivity contribution in [1.29, 1.82) is 0 Å². The number of rotatable bonds is 5. The second-order valence-electron chi connectivity index (χ2n) is 4.29. The molecule has 0 radical (unpaired) electrons. The van der Waals surface area contributed by atoms with Crippen molar-refractivity contribution in [3.63, 3.8) is 0 Å². The summed E-state index contributed by atoms with van der Waals surface area (Å²) in [4.78, 5) is 25.4. The smallest absolute Gasteiger partial charge is 0.396 e. The molecule has 1 aliphatic rings. The minimum absolute atomic E-state index is 0.0146. The Kier molecular flexibility index (Phi) is 5.57. The van der Waals surface area contributed by atoms with Crippen molar-refractivity contribution in [2.45, 2.75) is 24.3 Å². The molecule has 0 spiro atoms. The Bertz CT molecular complexity index is 501. The summed E-state index contributed by atoms with van der Waals surface area (Å²) in [5, 5.41) is 7.14. The molecule has 1 aromatic rings. The molecular weight excluding hydrogens is 298 g/mol. The van der Waals surface area contributed by atoms with Crippen LogP contribution in [0.2, 0.25) is 0 Å². The molecule has 116 valence electrons. The van der Waals surface area contributed by atoms with E-state index in [1.807, 2.05) is 0 Å². The lowest BCUT2D eigenvalue weighted by molar-refractivity contribution is -0.134. The van der Waals surface area contributed by atoms with Crippen LogP contribution in [0.3, 0.4) is 0 Å². The molecular formula is C12H17N3O5S. The topological polar surface area (TPSA) is 94.8 Å². The fourth-order valence-electron chi connectivity index (χ4n) is 1.78. The number of hydrogen-bond donors (Lipinski definition) is 0. The van der Waals surface area contributed by atoms with Crippen molar-refractivity contribution < 1.29 is 23.5 Å². The van der Waals surface area contributed by atoms with Crippen LogP contribution in [0.1, 0.15) is 24.5 Å². The molecule has 0 aromatic carbocycles. The molecule has 0 N–H and O–H groups in total. The minimum atomic E-state index is -0.663. The third-order valence-corrected chi connectivity index (χ3v) is 3.73. The number of carbonyl (C=O) groups excluding carboxylic acids is 2. The molecule has 0 aliphatic carbocycles. The van der Waals surface area contributed by atoms with E-state index in [9.17, 15) is 9.59 Å². The van der Waals surface area contributed by atoms with Gasteiger partial charge < -0.3 is 18.8 Å². The number of esters is 1. The van der Waals surface area contributed by atoms with Crippen molar-refractivity contribution >= 4 is 23.6 Å². The summed E-state index contributed by atoms with van der Waals surface area (Å²) in [6.07, 6.45) is 0. The standard InChI is InChI=1S/C12H17N3O5S/c1-3-19-11(17)9-13-14-12(20-9)21-8(2)10(16)15-4-6-18-7-5-15/h8H,3-7H2,1-2H3. The van der Waals surface area contributed by atoms with Gasteiger partial charge in [-0.05, 0) is 13.8 Å². The zero-order valence-electron chi connectivity index (χ0n) is 11.9. The first-order valence-electron chi connectivity index (χ1n) is 6.65. The highest BCUT2D eigenvalue weighted by atomic mass is 32.2. The first kappa shape index (κ1) is 15.8. The average Bonchev–Trinajstić information content (AvgIpc) is 2.96. The van der Waals surface area contributed by atoms with E-state index in [1.54, 1.807) is 18.7 Å². The van der Waals surface area contributed by atoms with E-state index >= 15 is 0 Å². The molecule has 1 atom stereocenters. The van der Waals surface area contributed by atoms with Gasteiger partial charge in [0, 0.05) is 13.1 Å². The number of amides is 1. The van der Waals surface area contributed by atoms with Gasteiger partial charge >= 0.3 is 11.9 Å². The Morgan fingerprint density at radius 2 is 2.10 bits per heavy atom. The lowest BCUT2D eigenvalue weighted by Crippen LogP contribution is -2.44. The van der Waals surface area contributed by atoms with Crippen molar-refractivity contribution in [3.05, 3.63) is 5.89 Å². The van der Waals surface area contributed by atoms with Crippen LogP contribution >= 0.6 is 11.8 Å². The molecule has 1 unspecified atom stereocenters. The Morgan fingerprint density at radius 3 is 2.76 bits per heavy atom. The van der Waals surface area contributed by atoms with Crippen LogP contribution in [0, 0.1) is 0 Å². The molecule has 0 bridgehead atoms. The normalized spacial score (nSPS) is 16.6. The van der Waals surface area contributed by atoms with Crippen molar-refractivity contribution in [2.75, 3.05) is 32.9 Å². The highest BCUT2D eigenvalue weighted by Gasteiger charge is 2.25. The van der Waals surface area contributed by atoms with Gasteiger partial charge in [0.05, 0.1) is 25.1 Å². The molecule has 1 saturated heterocycles. The maximum absolute atomic E-state index is 12.2. The number of aromatic nitrogens is 2. The number of nitrogens with zero attached hydrogens (tertiary/aromatic N) is 3. The van der Waals surface area contributed by atoms with Crippen LogP contribution < -0.4 is 0 Å². The molecule has 8 nitrogen and oxygen atoms in total. The quantitative estimate of drug-likeness (QED) is 0.575. The van der Waals surface area contributed by atoms with Gasteiger partial charge in [-0.3, -0.25) is 4.79 Å². The van der Waals surface area contributed by atoms with E-state index < -0.39 is 5.97 Å². The Morgan fingerprint density at radius 1 is 1.38 bits per heavy atom. The lowest BCUT2D eigenvalue weighted by Gasteiger charge is -2.28. The second kappa shape index (κ2) is 7.41. The van der Waals surface area contributed by atoms with Crippen LogP contribution in [0.15, 0.2) is 9.64 Å². The first-order valence-corrected chi connectivity index (χ1v) is 7.53. The number of hydrogen-bond acceptors (Lipinski definition) is 8. The predicted octanol–water partition coefficient (Wildman–Crippen LogP) is 0.586. The van der Waals surface area contributed by atoms with E-state index in [1.165, 1.54) is 0 Å². The molecule has 1 fully saturated rings. The Labute approximate surface area is 126 Å². The third kappa shape index (κ3) is 4.18. The highest BCUT2D eigenvalue weighted by molar-refractivity contribution is 8.00. The molecule has 21 heavy (non-hydrogen) atoms. The summed E-state index contributed by atoms with van der Waals surface area (Å²) >= 11 is 1.12. The molecule has 0 saturated carbocycles. The SMILES string of the molecule is CCOC(=O)c1nnc(SC(C)C(=O)N2CCOCC2)o1. The van der Waals surface area contributed by atoms with Crippen LogP contribution in [-0.2, 0) is 14.3 Å². The molecule has 1 amide bonds. The highest BCUT2D eigenvalue weighted by Crippen LogP contribution is 2.23. The summed E-state index contributed by atoms with van der Waals surface area (Å²) in [5.74, 6) is -0.881. The van der Waals surface area contributed by atoms with Gasteiger partial charge in [0.25, 0.3) is 5.22 Å². The van der Waals surface area contributed by atoms with Crippen LogP contribution in [0.5, 0.6) is 0 Å². The van der Waals surface area contributed by atoms with Gasteiger partial charge in [0.1, 0.15) is 0 Å². The zero-order valence-corrected chi connectivity index (χ0v) is 12.7. The maximum atomic E-state index is 12.2. The van der Waals surface area contributed by atoms with Gasteiger partial charge in [-0.25, -0.2) is 4.79 Å². The van der Waals surface area contributed by atoms with Crippen molar-refractivity contribution in [2.24, 2.45) is 0 Å². The summed E-state index contributed by atoms with van der Waals surface area (Å²) < 4.78 is 15.1. The molecule has 9 heteroatoms. The first-order chi connectivity index (χ1) is 10.1. The van der Waals surface area contributed by atoms with Gasteiger partial charge in [0.2, 0.25) is 5.91 Å². The van der Waals surface area contributed by atoms with E-state index in [0.717, 1.165) is 11.8 Å². The van der Waals surface area contributed by atoms with Crippen LogP contribution in [0.25, 0.3) is 0 Å². The largest absolute Gasteiger partial charge is 0.459 e. The Hall–Kier alpha value is -1.61. The number of carbonyl (C=O) groups is 2. The summed E-state index contributed by atoms with van der Waals surface area (Å²) in [6.45, 7) is 5.95. The Balaban J connectivity index is 1.91. The van der Waals surface area contributed by atoms with E-state index in [0.29, 0.717) is 26.3 Å². The average molecular weight is 315 g/mol. The molecule has 1 aromatic heterocycles. The van der Waals surface area contributed by atoms with Crippen LogP contribution in [-0.4, -0.2) is 65.1 Å². The van der Waals surface area contributed by atoms with Crippen LogP contribution in [0.4, 0.5) is 0 Å². The van der Waals surface area contributed by atoms with Gasteiger partial charge in [-0.2, -0.15) is 0 Å². The third-order valence-electron chi connectivity index (χ3n) is 2.80. The molecule has 1 aliphatic heterocycles. The van der Waals surface area contributed by atoms with Gasteiger partial charge in [-0.1, -0.05) is 16.9 Å². The molecule has 2 rings (SSSR count). The van der Waals surface area contributed by atoms with E-state index in [-0.39, 0.29) is 28.9 Å². The monoisotopic (exact) mass is 315 g/mol. The minimum Gasteiger partial charge on any atom is -0.459 e. The van der Waals surface area contributed by atoms with E-state index in [2.05, 4.69) is 10.2 Å². The summed E-state index contributed by atoms with van der Waals surface area (Å²) in [6, 6.07) is 0. The second-order valence-corrected chi connectivity index (χ2v) is 5.58. The number of thioether (sulfide) groups is 1. The number of ether oxygens (including phenoxy) is 2. The number of morpholine rings is 1. The maximum Gasteiger partial charge on any atom is 0.396 e. The summed E-state index contributed by atoms with van der Waals surface area (Å²) in [5.41, 5.74) is 0. The van der Waals surface area contributed by atoms with Crippen molar-refractivity contribution in [1.82, 2.24) is 15.1 Å². The van der Waals surface area contributed by atoms with E-state index in [4.69, 9.17) is 13.9 Å².